The Labute approximate surface area is 127 Å². The predicted octanol–water partition coefficient (Wildman–Crippen LogP) is 2.93. The SMILES string of the molecule is CN1CCCCC1CNCc1ccc([N+](=O)[O-])cc1Br. The first-order valence-corrected chi connectivity index (χ1v) is 7.71. The van der Waals surface area contributed by atoms with Gasteiger partial charge >= 0.3 is 0 Å². The van der Waals surface area contributed by atoms with Gasteiger partial charge in [0.25, 0.3) is 5.69 Å². The van der Waals surface area contributed by atoms with Gasteiger partial charge in [-0.15, -0.1) is 0 Å². The molecule has 0 radical (unpaired) electrons. The standard InChI is InChI=1S/C14H20BrN3O2/c1-17-7-3-2-4-13(17)10-16-9-11-5-6-12(18(19)20)8-14(11)15/h5-6,8,13,16H,2-4,7,9-10H2,1H3. The van der Waals surface area contributed by atoms with E-state index in [1.165, 1.54) is 25.8 Å². The van der Waals surface area contributed by atoms with E-state index in [2.05, 4.69) is 33.2 Å². The van der Waals surface area contributed by atoms with E-state index in [1.807, 2.05) is 0 Å². The molecule has 0 aromatic heterocycles. The van der Waals surface area contributed by atoms with Crippen LogP contribution in [0.5, 0.6) is 0 Å². The number of nitrogens with one attached hydrogen (secondary N) is 1. The third-order valence-corrected chi connectivity index (χ3v) is 4.60. The van der Waals surface area contributed by atoms with Crippen molar-refractivity contribution in [2.24, 2.45) is 0 Å². The van der Waals surface area contributed by atoms with Crippen molar-refractivity contribution in [3.8, 4) is 0 Å². The molecule has 20 heavy (non-hydrogen) atoms. The van der Waals surface area contributed by atoms with Gasteiger partial charge in [0.15, 0.2) is 0 Å². The van der Waals surface area contributed by atoms with Crippen molar-refractivity contribution in [3.05, 3.63) is 38.3 Å². The molecule has 0 saturated carbocycles. The van der Waals surface area contributed by atoms with Crippen molar-refractivity contribution in [2.75, 3.05) is 20.1 Å². The summed E-state index contributed by atoms with van der Waals surface area (Å²) in [5.41, 5.74) is 1.17. The lowest BCUT2D eigenvalue weighted by Gasteiger charge is -2.32. The number of nitro groups is 1. The van der Waals surface area contributed by atoms with Crippen molar-refractivity contribution in [3.63, 3.8) is 0 Å². The quantitative estimate of drug-likeness (QED) is 0.660. The highest BCUT2D eigenvalue weighted by molar-refractivity contribution is 9.10. The Bertz CT molecular complexity index is 481. The van der Waals surface area contributed by atoms with Gasteiger partial charge in [0.2, 0.25) is 0 Å². The van der Waals surface area contributed by atoms with Crippen LogP contribution in [0.4, 0.5) is 5.69 Å². The topological polar surface area (TPSA) is 58.4 Å². The van der Waals surface area contributed by atoms with Gasteiger partial charge in [0, 0.05) is 35.7 Å². The van der Waals surface area contributed by atoms with E-state index in [9.17, 15) is 10.1 Å². The minimum absolute atomic E-state index is 0.118. The van der Waals surface area contributed by atoms with Crippen LogP contribution in [0.2, 0.25) is 0 Å². The number of non-ortho nitro benzene ring substituents is 1. The first-order chi connectivity index (χ1) is 9.58. The van der Waals surface area contributed by atoms with Crippen LogP contribution in [0.15, 0.2) is 22.7 Å². The molecular formula is C14H20BrN3O2. The van der Waals surface area contributed by atoms with E-state index in [0.29, 0.717) is 6.04 Å². The van der Waals surface area contributed by atoms with Gasteiger partial charge in [-0.25, -0.2) is 0 Å². The molecule has 0 bridgehead atoms. The zero-order valence-electron chi connectivity index (χ0n) is 11.6. The van der Waals surface area contributed by atoms with Gasteiger partial charge < -0.3 is 10.2 Å². The average molecular weight is 342 g/mol. The van der Waals surface area contributed by atoms with Crippen molar-refractivity contribution in [1.29, 1.82) is 0 Å². The molecule has 1 aliphatic rings. The molecule has 2 rings (SSSR count). The number of nitro benzene ring substituents is 1. The first-order valence-electron chi connectivity index (χ1n) is 6.91. The van der Waals surface area contributed by atoms with Crippen molar-refractivity contribution in [1.82, 2.24) is 10.2 Å². The number of hydrogen-bond acceptors (Lipinski definition) is 4. The molecule has 110 valence electrons. The molecule has 1 aromatic carbocycles. The second-order valence-electron chi connectivity index (χ2n) is 5.29. The molecule has 0 amide bonds. The fourth-order valence-corrected chi connectivity index (χ4v) is 3.08. The number of piperidine rings is 1. The molecule has 5 nitrogen and oxygen atoms in total. The van der Waals surface area contributed by atoms with Crippen LogP contribution in [-0.4, -0.2) is 36.0 Å². The number of likely N-dealkylation sites (tertiary alicyclic amines) is 1. The Kier molecular flexibility index (Phi) is 5.51. The summed E-state index contributed by atoms with van der Waals surface area (Å²) in [6.45, 7) is 2.86. The zero-order valence-corrected chi connectivity index (χ0v) is 13.2. The molecule has 0 spiro atoms. The molecule has 1 saturated heterocycles. The van der Waals surface area contributed by atoms with Gasteiger partial charge in [-0.1, -0.05) is 22.4 Å². The second-order valence-corrected chi connectivity index (χ2v) is 6.15. The van der Waals surface area contributed by atoms with Crippen LogP contribution in [0.25, 0.3) is 0 Å². The maximum atomic E-state index is 10.7. The van der Waals surface area contributed by atoms with Crippen molar-refractivity contribution in [2.45, 2.75) is 31.8 Å². The van der Waals surface area contributed by atoms with Crippen LogP contribution in [0.3, 0.4) is 0 Å². The Morgan fingerprint density at radius 1 is 1.50 bits per heavy atom. The normalized spacial score (nSPS) is 20.0. The van der Waals surface area contributed by atoms with Crippen LogP contribution in [-0.2, 0) is 6.54 Å². The lowest BCUT2D eigenvalue weighted by molar-refractivity contribution is -0.384. The van der Waals surface area contributed by atoms with E-state index in [1.54, 1.807) is 18.2 Å². The number of rotatable bonds is 5. The Morgan fingerprint density at radius 3 is 2.95 bits per heavy atom. The van der Waals surface area contributed by atoms with Crippen molar-refractivity contribution >= 4 is 21.6 Å². The first kappa shape index (κ1) is 15.4. The lowest BCUT2D eigenvalue weighted by atomic mass is 10.0. The monoisotopic (exact) mass is 341 g/mol. The summed E-state index contributed by atoms with van der Waals surface area (Å²) < 4.78 is 0.788. The molecule has 1 unspecified atom stereocenters. The number of likely N-dealkylation sites (N-methyl/N-ethyl adjacent to an activating group) is 1. The third-order valence-electron chi connectivity index (χ3n) is 3.86. The summed E-state index contributed by atoms with van der Waals surface area (Å²) in [6, 6.07) is 5.51. The number of hydrogen-bond donors (Lipinski definition) is 1. The molecule has 0 aliphatic carbocycles. The minimum atomic E-state index is -0.376. The molecule has 1 N–H and O–H groups in total. The molecule has 1 atom stereocenters. The summed E-state index contributed by atoms with van der Waals surface area (Å²) >= 11 is 3.40. The summed E-state index contributed by atoms with van der Waals surface area (Å²) in [5, 5.41) is 14.1. The second kappa shape index (κ2) is 7.15. The van der Waals surface area contributed by atoms with E-state index < -0.39 is 0 Å². The van der Waals surface area contributed by atoms with Gasteiger partial charge in [0.05, 0.1) is 4.92 Å². The van der Waals surface area contributed by atoms with Gasteiger partial charge in [0.1, 0.15) is 0 Å². The highest BCUT2D eigenvalue weighted by Crippen LogP contribution is 2.23. The molecular weight excluding hydrogens is 322 g/mol. The predicted molar refractivity (Wildman–Crippen MR) is 82.8 cm³/mol. The molecule has 1 aromatic rings. The fraction of sp³-hybridized carbons (Fsp3) is 0.571. The van der Waals surface area contributed by atoms with Crippen LogP contribution >= 0.6 is 15.9 Å². The number of nitrogens with zero attached hydrogens (tertiary/aromatic N) is 2. The Hall–Kier alpha value is -0.980. The molecule has 1 fully saturated rings. The smallest absolute Gasteiger partial charge is 0.270 e. The summed E-state index contributed by atoms with van der Waals surface area (Å²) in [5.74, 6) is 0. The van der Waals surface area contributed by atoms with Crippen LogP contribution in [0, 0.1) is 10.1 Å². The minimum Gasteiger partial charge on any atom is -0.311 e. The van der Waals surface area contributed by atoms with E-state index in [4.69, 9.17) is 0 Å². The molecule has 6 heteroatoms. The Morgan fingerprint density at radius 2 is 2.30 bits per heavy atom. The third kappa shape index (κ3) is 4.01. The maximum absolute atomic E-state index is 10.7. The van der Waals surface area contributed by atoms with E-state index >= 15 is 0 Å². The maximum Gasteiger partial charge on any atom is 0.270 e. The van der Waals surface area contributed by atoms with E-state index in [0.717, 1.165) is 23.1 Å². The highest BCUT2D eigenvalue weighted by atomic mass is 79.9. The summed E-state index contributed by atoms with van der Waals surface area (Å²) in [6.07, 6.45) is 3.84. The summed E-state index contributed by atoms with van der Waals surface area (Å²) in [7, 11) is 2.17. The van der Waals surface area contributed by atoms with Crippen LogP contribution in [0.1, 0.15) is 24.8 Å². The molecule has 1 aliphatic heterocycles. The summed E-state index contributed by atoms with van der Waals surface area (Å²) in [4.78, 5) is 12.7. The fourth-order valence-electron chi connectivity index (χ4n) is 2.57. The zero-order chi connectivity index (χ0) is 14.5. The van der Waals surface area contributed by atoms with Gasteiger partial charge in [-0.2, -0.15) is 0 Å². The van der Waals surface area contributed by atoms with Gasteiger partial charge in [-0.3, -0.25) is 10.1 Å². The average Bonchev–Trinajstić information content (AvgIpc) is 2.42. The Balaban J connectivity index is 1.86. The lowest BCUT2D eigenvalue weighted by Crippen LogP contribution is -2.42. The highest BCUT2D eigenvalue weighted by Gasteiger charge is 2.18. The number of halogens is 1. The van der Waals surface area contributed by atoms with Crippen LogP contribution < -0.4 is 5.32 Å². The van der Waals surface area contributed by atoms with Crippen molar-refractivity contribution < 1.29 is 4.92 Å². The van der Waals surface area contributed by atoms with Gasteiger partial charge in [-0.05, 0) is 38.1 Å². The largest absolute Gasteiger partial charge is 0.311 e. The number of benzene rings is 1. The molecule has 1 heterocycles. The van der Waals surface area contributed by atoms with E-state index in [-0.39, 0.29) is 10.6 Å².